The summed E-state index contributed by atoms with van der Waals surface area (Å²) in [7, 11) is -8.38. The number of fused-ring (bicyclic) bond motifs is 5. The van der Waals surface area contributed by atoms with Crippen molar-refractivity contribution in [3.8, 4) is 16.9 Å². The molecule has 0 saturated heterocycles. The van der Waals surface area contributed by atoms with E-state index in [1.165, 1.54) is 0 Å². The van der Waals surface area contributed by atoms with E-state index in [4.69, 9.17) is 9.15 Å². The van der Waals surface area contributed by atoms with Gasteiger partial charge in [-0.3, -0.25) is 4.55 Å². The van der Waals surface area contributed by atoms with Crippen LogP contribution in [0.2, 0.25) is 0 Å². The van der Waals surface area contributed by atoms with Gasteiger partial charge in [-0.25, -0.2) is 8.42 Å². The molecule has 14 heteroatoms. The first-order valence-electron chi connectivity index (χ1n) is 17.2. The molecule has 3 heterocycles. The van der Waals surface area contributed by atoms with Gasteiger partial charge in [-0.05, 0) is 60.6 Å². The Hall–Kier alpha value is -2.89. The van der Waals surface area contributed by atoms with E-state index in [2.05, 4.69) is 47.9 Å². The minimum Gasteiger partial charge on any atom is -0.748 e. The molecule has 0 aliphatic carbocycles. The second-order valence-electron chi connectivity index (χ2n) is 12.8. The van der Waals surface area contributed by atoms with E-state index in [0.717, 1.165) is 54.0 Å². The number of nitrogens with zero attached hydrogens (tertiary/aromatic N) is 2. The molecule has 2 aromatic heterocycles. The maximum Gasteiger partial charge on any atom is 1.00 e. The third kappa shape index (κ3) is 9.50. The fraction of sp³-hybridized carbons (Fsp3) is 0.256. The molecule has 0 bridgehead atoms. The summed E-state index contributed by atoms with van der Waals surface area (Å²) >= 11 is 1.63. The summed E-state index contributed by atoms with van der Waals surface area (Å²) in [6.45, 7) is 3.04. The van der Waals surface area contributed by atoms with E-state index in [9.17, 15) is 25.9 Å². The van der Waals surface area contributed by atoms with Crippen molar-refractivity contribution in [1.82, 2.24) is 0 Å². The number of para-hydroxylation sites is 1. The van der Waals surface area contributed by atoms with Crippen molar-refractivity contribution in [2.75, 3.05) is 23.0 Å². The number of rotatable bonds is 14. The molecule has 1 aliphatic rings. The summed E-state index contributed by atoms with van der Waals surface area (Å²) in [6, 6.07) is 28.2. The Kier molecular flexibility index (Phi) is 12.7. The van der Waals surface area contributed by atoms with E-state index < -0.39 is 26.0 Å². The molecule has 0 radical (unpaired) electrons. The van der Waals surface area contributed by atoms with Gasteiger partial charge in [-0.1, -0.05) is 72.9 Å². The molecular weight excluding hydrogens is 760 g/mol. The van der Waals surface area contributed by atoms with Crippen LogP contribution < -0.4 is 65.6 Å². The zero-order valence-electron chi connectivity index (χ0n) is 29.5. The van der Waals surface area contributed by atoms with Crippen molar-refractivity contribution in [3.63, 3.8) is 0 Å². The van der Waals surface area contributed by atoms with E-state index in [-0.39, 0.29) is 70.0 Å². The van der Waals surface area contributed by atoms with Crippen LogP contribution in [0.3, 0.4) is 0 Å². The number of hydrogen-bond donors (Lipinski definition) is 1. The fourth-order valence-electron chi connectivity index (χ4n) is 6.57. The molecular formula is C39H38KN2O8S3+. The third-order valence-electron chi connectivity index (χ3n) is 9.15. The molecule has 0 amide bonds. The van der Waals surface area contributed by atoms with Gasteiger partial charge in [0.05, 0.1) is 21.6 Å². The Bertz CT molecular complexity index is 2560. The van der Waals surface area contributed by atoms with Crippen molar-refractivity contribution in [3.05, 3.63) is 107 Å². The average molecular weight is 798 g/mol. The largest absolute Gasteiger partial charge is 1.00 e. The van der Waals surface area contributed by atoms with Crippen molar-refractivity contribution in [1.29, 1.82) is 0 Å². The zero-order valence-corrected chi connectivity index (χ0v) is 35.1. The van der Waals surface area contributed by atoms with Crippen LogP contribution in [0, 0.1) is 0 Å². The van der Waals surface area contributed by atoms with Gasteiger partial charge in [0.15, 0.2) is 12.3 Å². The normalized spacial score (nSPS) is 14.3. The first-order chi connectivity index (χ1) is 25.0. The Labute approximate surface area is 355 Å². The Morgan fingerprint density at radius 2 is 1.62 bits per heavy atom. The number of aromatic nitrogens is 1. The van der Waals surface area contributed by atoms with Crippen molar-refractivity contribution < 1.29 is 91.0 Å². The summed E-state index contributed by atoms with van der Waals surface area (Å²) in [4.78, 5) is 2.02. The van der Waals surface area contributed by atoms with E-state index in [1.54, 1.807) is 11.3 Å². The van der Waals surface area contributed by atoms with Crippen LogP contribution in [0.1, 0.15) is 44.0 Å². The number of anilines is 1. The van der Waals surface area contributed by atoms with Gasteiger partial charge in [0.1, 0.15) is 15.9 Å². The smallest absolute Gasteiger partial charge is 0.748 e. The van der Waals surface area contributed by atoms with Crippen LogP contribution in [-0.2, 0) is 26.8 Å². The van der Waals surface area contributed by atoms with Gasteiger partial charge in [0, 0.05) is 53.8 Å². The Morgan fingerprint density at radius 3 is 2.38 bits per heavy atom. The number of thiazole rings is 1. The van der Waals surface area contributed by atoms with Crippen molar-refractivity contribution >= 4 is 75.5 Å². The molecule has 1 N–H and O–H groups in total. The minimum atomic E-state index is -4.30. The molecule has 53 heavy (non-hydrogen) atoms. The predicted molar refractivity (Wildman–Crippen MR) is 205 cm³/mol. The van der Waals surface area contributed by atoms with Gasteiger partial charge < -0.3 is 18.6 Å². The van der Waals surface area contributed by atoms with Crippen LogP contribution in [0.25, 0.3) is 49.4 Å². The number of hydrogen-bond acceptors (Lipinski definition) is 9. The van der Waals surface area contributed by atoms with E-state index in [0.29, 0.717) is 49.6 Å². The summed E-state index contributed by atoms with van der Waals surface area (Å²) in [5, 5.41) is 2.88. The standard InChI is InChI=1S/C39H38N2O8S3.K/c1-2-27(23-39-41(19-9-11-21-52(45,46)47)33-24-29(16-17-37(33)50-39)28-12-4-3-5-13-28)22-38-40(18-8-10-20-51(42,43)44)32-26-35-31(25-36(32)49-38)30-14-6-7-15-34(30)48-35;/h3-7,12-17,22-26H,2,8-11,18-21H2,1H3,(H-,42,43,44,45,46,47);/q;+1. The van der Waals surface area contributed by atoms with Gasteiger partial charge in [-0.2, -0.15) is 13.0 Å². The molecule has 10 nitrogen and oxygen atoms in total. The van der Waals surface area contributed by atoms with Crippen LogP contribution in [0.5, 0.6) is 5.75 Å². The van der Waals surface area contributed by atoms with Crippen LogP contribution >= 0.6 is 11.3 Å². The molecule has 0 spiro atoms. The number of ether oxygens (including phenoxy) is 1. The molecule has 6 aromatic rings. The Morgan fingerprint density at radius 1 is 0.868 bits per heavy atom. The first-order valence-corrected chi connectivity index (χ1v) is 21.2. The number of aryl methyl sites for hydroxylation is 1. The Balaban J connectivity index is 0.00000481. The maximum atomic E-state index is 11.4. The zero-order chi connectivity index (χ0) is 36.5. The van der Waals surface area contributed by atoms with Crippen LogP contribution in [-0.4, -0.2) is 44.0 Å². The van der Waals surface area contributed by atoms with E-state index >= 15 is 0 Å². The molecule has 4 aromatic carbocycles. The second-order valence-corrected chi connectivity index (χ2v) is 17.0. The maximum absolute atomic E-state index is 11.4. The SMILES string of the molecule is CCC(=Cc1sc2ccc(-c3ccccc3)cc2[n+]1CCCCS(=O)(=O)[O-])C=C1Oc2cc3c(cc2N1CCCCS(=O)(=O)O)oc1ccccc13.[K+]. The summed E-state index contributed by atoms with van der Waals surface area (Å²) < 4.78 is 82.1. The monoisotopic (exact) mass is 797 g/mol. The number of furan rings is 1. The summed E-state index contributed by atoms with van der Waals surface area (Å²) in [5.41, 5.74) is 6.44. The topological polar surface area (TPSA) is 141 Å². The molecule has 0 unspecified atom stereocenters. The molecule has 7 rings (SSSR count). The van der Waals surface area contributed by atoms with Crippen molar-refractivity contribution in [2.45, 2.75) is 45.6 Å². The second kappa shape index (κ2) is 16.9. The average Bonchev–Trinajstić information content (AvgIpc) is 3.76. The number of unbranched alkanes of at least 4 members (excludes halogenated alkanes) is 2. The number of benzene rings is 4. The summed E-state index contributed by atoms with van der Waals surface area (Å²) in [5.74, 6) is 0.524. The third-order valence-corrected chi connectivity index (χ3v) is 11.9. The predicted octanol–water partition coefficient (Wildman–Crippen LogP) is 5.29. The molecule has 0 fully saturated rings. The van der Waals surface area contributed by atoms with E-state index in [1.807, 2.05) is 65.6 Å². The van der Waals surface area contributed by atoms with Gasteiger partial charge in [0.2, 0.25) is 11.4 Å². The van der Waals surface area contributed by atoms with Crippen LogP contribution in [0.15, 0.2) is 107 Å². The first kappa shape index (κ1) is 39.8. The quantitative estimate of drug-likeness (QED) is 0.0675. The minimum absolute atomic E-state index is 0. The van der Waals surface area contributed by atoms with Gasteiger partial charge in [0.25, 0.3) is 15.1 Å². The van der Waals surface area contributed by atoms with Gasteiger partial charge >= 0.3 is 51.4 Å². The molecule has 1 aliphatic heterocycles. The van der Waals surface area contributed by atoms with Gasteiger partial charge in [-0.15, -0.1) is 0 Å². The summed E-state index contributed by atoms with van der Waals surface area (Å²) in [6.07, 6.45) is 6.33. The molecule has 270 valence electrons. The number of allylic oxidation sites excluding steroid dienone is 2. The molecule has 0 atom stereocenters. The van der Waals surface area contributed by atoms with Crippen LogP contribution in [0.4, 0.5) is 5.69 Å². The molecule has 0 saturated carbocycles. The fourth-order valence-corrected chi connectivity index (χ4v) is 8.85. The van der Waals surface area contributed by atoms with Crippen molar-refractivity contribution in [2.24, 2.45) is 0 Å².